The maximum absolute atomic E-state index is 12.7. The summed E-state index contributed by atoms with van der Waals surface area (Å²) in [6.45, 7) is 6.39. The number of nitrogens with one attached hydrogen (secondary N) is 3. The highest BCUT2D eigenvalue weighted by Crippen LogP contribution is 2.39. The van der Waals surface area contributed by atoms with Crippen molar-refractivity contribution >= 4 is 67.2 Å². The van der Waals surface area contributed by atoms with Crippen LogP contribution < -0.4 is 59.1 Å². The first kappa shape index (κ1) is 80.8. The second-order valence-electron chi connectivity index (χ2n) is 25.6. The van der Waals surface area contributed by atoms with Crippen molar-refractivity contribution in [3.05, 3.63) is 165 Å². The molecule has 1 saturated carbocycles. The molecule has 0 saturated heterocycles. The maximum atomic E-state index is 12.7. The van der Waals surface area contributed by atoms with Gasteiger partial charge in [0.25, 0.3) is 0 Å². The quantitative estimate of drug-likeness (QED) is 0.0233. The third-order valence-electron chi connectivity index (χ3n) is 17.2. The Balaban J connectivity index is 0.000000185. The topological polar surface area (TPSA) is 252 Å². The highest BCUT2D eigenvalue weighted by Gasteiger charge is 2.28. The number of ether oxygens (including phenoxy) is 6. The lowest BCUT2D eigenvalue weighted by Crippen LogP contribution is -2.39. The number of aliphatic hydroxyl groups excluding tert-OH is 1. The van der Waals surface area contributed by atoms with Gasteiger partial charge in [-0.25, -0.2) is 19.3 Å². The number of benzene rings is 6. The largest absolute Gasteiger partial charge is 0.497 e. The van der Waals surface area contributed by atoms with Crippen molar-refractivity contribution in [3.63, 3.8) is 0 Å². The van der Waals surface area contributed by atoms with Crippen LogP contribution in [0, 0.1) is 5.92 Å². The molecule has 0 amide bonds. The van der Waals surface area contributed by atoms with Crippen LogP contribution in [0.2, 0.25) is 0 Å². The molecule has 12 aromatic rings. The van der Waals surface area contributed by atoms with Gasteiger partial charge in [-0.2, -0.15) is 28.5 Å². The number of hydrogen-bond donors (Lipinski definition) is 4. The standard InChI is InChI=1S/C26H31FN6O2.C26H30N6O2.C25H27F3N6O3.2CH4/c1-18(2)28-8-9-33(21-11-22(34-4)14-23(12-21)35-10-7-27)20-5-6-24-25(13-20)31-26(16-29-24)19-15-30-32(3)17-19;1-31-17-19(15-29-31)26-16-28-24-7-6-20(12-25(24)30-26)32(9-8-27-14-18-4-5-18)21-10-22(33-2)13-23(11-21)34-3;1-33-13-16(10-31-33)24-12-30-22-5-4-17(8-23(22)32-24)34(14-19(35)11-29-15-25(26,27)28)18-6-20(36-2)9-21(7-18)37-3;;/h5-6,11-18,28H,7-10H2,1-4H3;6-7,10-13,15-18,27H,4-5,8-9,14H2,1-3H3;4-10,12-13,19,29,35H,11,14-15H2,1-3H3;2*1H4/t;;19-;;/m..0../s1. The number of nitrogens with zero attached hydrogens (tertiary/aromatic N) is 15. The van der Waals surface area contributed by atoms with Crippen LogP contribution in [0.5, 0.6) is 34.5 Å². The third kappa shape index (κ3) is 21.9. The van der Waals surface area contributed by atoms with E-state index in [2.05, 4.69) is 82.0 Å². The molecule has 0 spiro atoms. The Bertz CT molecular complexity index is 4840. The van der Waals surface area contributed by atoms with Gasteiger partial charge in [0.2, 0.25) is 0 Å². The van der Waals surface area contributed by atoms with E-state index < -0.39 is 25.5 Å². The first-order chi connectivity index (χ1) is 51.2. The summed E-state index contributed by atoms with van der Waals surface area (Å²) in [5, 5.41) is 32.6. The summed E-state index contributed by atoms with van der Waals surface area (Å²) < 4.78 is 88.5. The fraction of sp³-hybridized carbons (Fsp3) is 0.354. The highest BCUT2D eigenvalue weighted by atomic mass is 19.4. The molecule has 6 aromatic heterocycles. The second kappa shape index (κ2) is 37.8. The van der Waals surface area contributed by atoms with Crippen LogP contribution in [0.25, 0.3) is 66.9 Å². The molecule has 1 aliphatic rings. The fourth-order valence-electron chi connectivity index (χ4n) is 11.7. The number of rotatable bonds is 31. The molecule has 0 radical (unpaired) electrons. The van der Waals surface area contributed by atoms with E-state index in [0.29, 0.717) is 63.7 Å². The van der Waals surface area contributed by atoms with Crippen molar-refractivity contribution < 1.29 is 51.1 Å². The van der Waals surface area contributed by atoms with Gasteiger partial charge in [-0.15, -0.1) is 0 Å². The van der Waals surface area contributed by atoms with Crippen molar-refractivity contribution in [2.45, 2.75) is 59.9 Å². The molecule has 25 nitrogen and oxygen atoms in total. The first-order valence-corrected chi connectivity index (χ1v) is 34.6. The lowest BCUT2D eigenvalue weighted by Gasteiger charge is -2.28. The number of fused-ring (bicyclic) bond motifs is 3. The Morgan fingerprint density at radius 3 is 1.23 bits per heavy atom. The first-order valence-electron chi connectivity index (χ1n) is 34.6. The molecule has 1 fully saturated rings. The van der Waals surface area contributed by atoms with Gasteiger partial charge < -0.3 is 64.2 Å². The van der Waals surface area contributed by atoms with Crippen LogP contribution >= 0.6 is 0 Å². The van der Waals surface area contributed by atoms with E-state index in [1.165, 1.54) is 27.1 Å². The molecule has 108 heavy (non-hydrogen) atoms. The zero-order chi connectivity index (χ0) is 74.9. The molecule has 13 rings (SSSR count). The summed E-state index contributed by atoms with van der Waals surface area (Å²) in [7, 11) is 13.6. The van der Waals surface area contributed by atoms with E-state index in [1.807, 2.05) is 106 Å². The van der Waals surface area contributed by atoms with Crippen molar-refractivity contribution in [1.29, 1.82) is 0 Å². The van der Waals surface area contributed by atoms with E-state index in [9.17, 15) is 22.7 Å². The number of anilines is 6. The average molecular weight is 1490 g/mol. The number of halogens is 4. The van der Waals surface area contributed by atoms with Gasteiger partial charge in [0.15, 0.2) is 0 Å². The van der Waals surface area contributed by atoms with Gasteiger partial charge >= 0.3 is 6.18 Å². The molecule has 1 atom stereocenters. The Kier molecular flexibility index (Phi) is 28.3. The van der Waals surface area contributed by atoms with Crippen LogP contribution in [0.1, 0.15) is 41.5 Å². The maximum Gasteiger partial charge on any atom is 0.401 e. The molecule has 0 bridgehead atoms. The van der Waals surface area contributed by atoms with E-state index in [1.54, 1.807) is 108 Å². The molecule has 4 N–H and O–H groups in total. The Labute approximate surface area is 626 Å². The van der Waals surface area contributed by atoms with Gasteiger partial charge in [-0.05, 0) is 79.9 Å². The van der Waals surface area contributed by atoms with E-state index in [-0.39, 0.29) is 34.5 Å². The Morgan fingerprint density at radius 2 is 0.870 bits per heavy atom. The normalized spacial score (nSPS) is 12.1. The zero-order valence-corrected chi connectivity index (χ0v) is 60.9. The van der Waals surface area contributed by atoms with Crippen molar-refractivity contribution in [3.8, 4) is 68.3 Å². The average Bonchev–Trinajstić information content (AvgIpc) is 1.02. The predicted molar refractivity (Wildman–Crippen MR) is 417 cm³/mol. The SMILES string of the molecule is C.C.COc1cc(OC)cc(N(CCNCC2CC2)c2ccc3ncc(-c4cnn(C)c4)nc3c2)c1.COc1cc(OC)cc(N(C[C@@H](O)CNCC(F)(F)F)c2ccc3ncc(-c4cnn(C)c4)nc3c2)c1.COc1cc(OCCF)cc(N(CCNC(C)C)c2ccc3ncc(-c4cnn(C)c4)nc3c2)c1. The summed E-state index contributed by atoms with van der Waals surface area (Å²) in [6.07, 6.45) is 13.4. The number of aromatic nitrogens is 12. The minimum Gasteiger partial charge on any atom is -0.497 e. The van der Waals surface area contributed by atoms with Gasteiger partial charge in [0.05, 0.1) is 142 Å². The molecule has 1 aliphatic carbocycles. The molecule has 0 aliphatic heterocycles. The zero-order valence-electron chi connectivity index (χ0n) is 60.9. The van der Waals surface area contributed by atoms with Crippen molar-refractivity contribution in [1.82, 2.24) is 75.2 Å². The number of aliphatic hydroxyl groups is 1. The molecule has 0 unspecified atom stereocenters. The fourth-order valence-corrected chi connectivity index (χ4v) is 11.7. The summed E-state index contributed by atoms with van der Waals surface area (Å²) in [5.41, 5.74) is 14.5. The van der Waals surface area contributed by atoms with Crippen molar-refractivity contribution in [2.24, 2.45) is 27.1 Å². The molecule has 572 valence electrons. The number of hydrogen-bond acceptors (Lipinski definition) is 22. The highest BCUT2D eigenvalue weighted by molar-refractivity contribution is 5.86. The van der Waals surface area contributed by atoms with Gasteiger partial charge in [-0.1, -0.05) is 28.7 Å². The lowest BCUT2D eigenvalue weighted by molar-refractivity contribution is -0.125. The second-order valence-corrected chi connectivity index (χ2v) is 25.6. The van der Waals surface area contributed by atoms with E-state index in [0.717, 1.165) is 116 Å². The summed E-state index contributed by atoms with van der Waals surface area (Å²) >= 11 is 0. The summed E-state index contributed by atoms with van der Waals surface area (Å²) in [5.74, 6) is 4.57. The van der Waals surface area contributed by atoms with Crippen molar-refractivity contribution in [2.75, 3.05) is 116 Å². The van der Waals surface area contributed by atoms with Gasteiger partial charge in [-0.3, -0.25) is 29.0 Å². The van der Waals surface area contributed by atoms with Crippen LogP contribution in [0.15, 0.2) is 165 Å². The predicted octanol–water partition coefficient (Wildman–Crippen LogP) is 13.7. The minimum atomic E-state index is -4.37. The minimum absolute atomic E-state index is 0. The third-order valence-corrected chi connectivity index (χ3v) is 17.2. The molecular formula is C79H96F4N18O7. The lowest BCUT2D eigenvalue weighted by atomic mass is 10.1. The molecule has 6 aromatic carbocycles. The van der Waals surface area contributed by atoms with Crippen LogP contribution in [-0.4, -0.2) is 184 Å². The number of aryl methyl sites for hydroxylation is 3. The van der Waals surface area contributed by atoms with Crippen LogP contribution in [-0.2, 0) is 21.1 Å². The number of methoxy groups -OCH3 is 5. The van der Waals surface area contributed by atoms with Gasteiger partial charge in [0.1, 0.15) is 47.8 Å². The summed E-state index contributed by atoms with van der Waals surface area (Å²) in [4.78, 5) is 34.4. The van der Waals surface area contributed by atoms with E-state index >= 15 is 0 Å². The molecular weight excluding hydrogens is 1390 g/mol. The Morgan fingerprint density at radius 1 is 0.491 bits per heavy atom. The molecule has 29 heteroatoms. The van der Waals surface area contributed by atoms with E-state index in [4.69, 9.17) is 43.4 Å². The monoisotopic (exact) mass is 1480 g/mol. The summed E-state index contributed by atoms with van der Waals surface area (Å²) in [6, 6.07) is 34.8. The van der Waals surface area contributed by atoms with Crippen LogP contribution in [0.4, 0.5) is 51.7 Å². The van der Waals surface area contributed by atoms with Gasteiger partial charge in [0, 0.05) is 184 Å². The van der Waals surface area contributed by atoms with Crippen LogP contribution in [0.3, 0.4) is 0 Å². The smallest absolute Gasteiger partial charge is 0.401 e. The number of alkyl halides is 4. The molecule has 6 heterocycles. The Hall–Kier alpha value is -11.3.